The van der Waals surface area contributed by atoms with Gasteiger partial charge in [0.25, 0.3) is 0 Å². The molecule has 0 N–H and O–H groups in total. The van der Waals surface area contributed by atoms with E-state index >= 15 is 0 Å². The maximum absolute atomic E-state index is 8.82. The van der Waals surface area contributed by atoms with Crippen LogP contribution in [0.15, 0.2) is 73.0 Å². The Hall–Kier alpha value is -2.55. The standard InChI is InChI=1S/C19H15NO2S2/c20-14-15-4-6-16(7-5-15)17-8-10-18(11-9-17)21-12-2-1-3-13-22-19(23)24/h1-11,13H,12H2,(H,23,24)/b2-1+,13-3+. The van der Waals surface area contributed by atoms with E-state index in [1.165, 1.54) is 6.26 Å². The highest BCUT2D eigenvalue weighted by atomic mass is 32.1. The molecule has 3 nitrogen and oxygen atoms in total. The van der Waals surface area contributed by atoms with Crippen molar-refractivity contribution in [2.24, 2.45) is 0 Å². The van der Waals surface area contributed by atoms with Gasteiger partial charge in [0.05, 0.1) is 17.9 Å². The van der Waals surface area contributed by atoms with Gasteiger partial charge in [0.1, 0.15) is 12.4 Å². The Bertz CT molecular complexity index is 773. The number of hydrogen-bond acceptors (Lipinski definition) is 4. The van der Waals surface area contributed by atoms with E-state index in [-0.39, 0.29) is 4.38 Å². The summed E-state index contributed by atoms with van der Waals surface area (Å²) in [5, 5.41) is 8.82. The summed E-state index contributed by atoms with van der Waals surface area (Å²) < 4.78 is 10.7. The van der Waals surface area contributed by atoms with Crippen molar-refractivity contribution < 1.29 is 9.47 Å². The van der Waals surface area contributed by atoms with Crippen molar-refractivity contribution in [2.45, 2.75) is 0 Å². The van der Waals surface area contributed by atoms with Crippen LogP contribution in [0, 0.1) is 11.3 Å². The second-order valence-electron chi connectivity index (χ2n) is 4.66. The minimum Gasteiger partial charge on any atom is -0.490 e. The third-order valence-corrected chi connectivity index (χ3v) is 3.24. The van der Waals surface area contributed by atoms with E-state index in [0.29, 0.717) is 12.2 Å². The number of ether oxygens (including phenoxy) is 2. The number of benzene rings is 2. The quantitative estimate of drug-likeness (QED) is 0.347. The van der Waals surface area contributed by atoms with E-state index in [1.807, 2.05) is 54.6 Å². The van der Waals surface area contributed by atoms with Crippen molar-refractivity contribution in [1.29, 1.82) is 5.26 Å². The predicted molar refractivity (Wildman–Crippen MR) is 103 cm³/mol. The second-order valence-corrected chi connectivity index (χ2v) is 5.74. The Morgan fingerprint density at radius 3 is 2.25 bits per heavy atom. The molecule has 0 amide bonds. The molecule has 0 spiro atoms. The predicted octanol–water partition coefficient (Wildman–Crippen LogP) is 4.91. The van der Waals surface area contributed by atoms with Crippen LogP contribution in [-0.2, 0) is 4.74 Å². The van der Waals surface area contributed by atoms with Gasteiger partial charge in [-0.3, -0.25) is 0 Å². The molecule has 2 rings (SSSR count). The summed E-state index contributed by atoms with van der Waals surface area (Å²) in [7, 11) is 0. The van der Waals surface area contributed by atoms with Gasteiger partial charge < -0.3 is 9.47 Å². The number of thiol groups is 1. The van der Waals surface area contributed by atoms with Crippen molar-refractivity contribution in [3.63, 3.8) is 0 Å². The average Bonchev–Trinajstić information content (AvgIpc) is 2.61. The Morgan fingerprint density at radius 1 is 1.04 bits per heavy atom. The summed E-state index contributed by atoms with van der Waals surface area (Å²) in [5.41, 5.74) is 2.79. The molecular formula is C19H15NO2S2. The zero-order valence-corrected chi connectivity index (χ0v) is 14.5. The lowest BCUT2D eigenvalue weighted by molar-refractivity contribution is 0.363. The summed E-state index contributed by atoms with van der Waals surface area (Å²) in [5.74, 6) is 0.786. The highest BCUT2D eigenvalue weighted by molar-refractivity contribution is 8.10. The lowest BCUT2D eigenvalue weighted by atomic mass is 10.0. The molecule has 120 valence electrons. The van der Waals surface area contributed by atoms with Gasteiger partial charge in [-0.15, -0.1) is 0 Å². The molecule has 0 fully saturated rings. The normalized spacial score (nSPS) is 10.7. The van der Waals surface area contributed by atoms with Crippen molar-refractivity contribution in [2.75, 3.05) is 6.61 Å². The number of allylic oxidation sites excluding steroid dienone is 2. The molecule has 0 bridgehead atoms. The van der Waals surface area contributed by atoms with E-state index in [2.05, 4.69) is 30.9 Å². The van der Waals surface area contributed by atoms with Gasteiger partial charge in [-0.25, -0.2) is 0 Å². The molecular weight excluding hydrogens is 338 g/mol. The topological polar surface area (TPSA) is 42.2 Å². The summed E-state index contributed by atoms with van der Waals surface area (Å²) in [6.45, 7) is 0.450. The molecule has 0 unspecified atom stereocenters. The summed E-state index contributed by atoms with van der Waals surface area (Å²) in [4.78, 5) is 0. The first-order valence-corrected chi connectivity index (χ1v) is 7.99. The smallest absolute Gasteiger partial charge is 0.221 e. The molecule has 0 radical (unpaired) electrons. The molecule has 2 aromatic rings. The van der Waals surface area contributed by atoms with Gasteiger partial charge in [0.15, 0.2) is 0 Å². The lowest BCUT2D eigenvalue weighted by Gasteiger charge is -2.05. The highest BCUT2D eigenvalue weighted by Crippen LogP contribution is 2.22. The van der Waals surface area contributed by atoms with Crippen LogP contribution < -0.4 is 4.74 Å². The largest absolute Gasteiger partial charge is 0.490 e. The van der Waals surface area contributed by atoms with Crippen molar-refractivity contribution in [1.82, 2.24) is 0 Å². The van der Waals surface area contributed by atoms with E-state index in [9.17, 15) is 0 Å². The molecule has 2 aromatic carbocycles. The van der Waals surface area contributed by atoms with Gasteiger partial charge >= 0.3 is 0 Å². The van der Waals surface area contributed by atoms with Crippen LogP contribution in [-0.4, -0.2) is 11.0 Å². The molecule has 0 aliphatic carbocycles. The zero-order chi connectivity index (χ0) is 17.2. The summed E-state index contributed by atoms with van der Waals surface area (Å²) in [6.07, 6.45) is 6.82. The van der Waals surface area contributed by atoms with Gasteiger partial charge in [0.2, 0.25) is 4.38 Å². The molecule has 0 aromatic heterocycles. The lowest BCUT2D eigenvalue weighted by Crippen LogP contribution is -1.92. The van der Waals surface area contributed by atoms with Crippen LogP contribution in [0.1, 0.15) is 5.56 Å². The number of hydrogen-bond donors (Lipinski definition) is 1. The third kappa shape index (κ3) is 5.92. The van der Waals surface area contributed by atoms with Crippen molar-refractivity contribution in [3.8, 4) is 22.9 Å². The van der Waals surface area contributed by atoms with Gasteiger partial charge in [-0.1, -0.05) is 43.0 Å². The average molecular weight is 353 g/mol. The Morgan fingerprint density at radius 2 is 1.67 bits per heavy atom. The summed E-state index contributed by atoms with van der Waals surface area (Å²) >= 11 is 8.47. The molecule has 0 aliphatic rings. The van der Waals surface area contributed by atoms with Crippen molar-refractivity contribution >= 4 is 29.2 Å². The highest BCUT2D eigenvalue weighted by Gasteiger charge is 1.99. The summed E-state index contributed by atoms with van der Waals surface area (Å²) in [6, 6.07) is 17.4. The first kappa shape index (κ1) is 17.8. The number of thiocarbonyl (C=S) groups is 1. The number of nitriles is 1. The first-order valence-electron chi connectivity index (χ1n) is 7.13. The molecule has 0 aliphatic heterocycles. The molecule has 0 saturated heterocycles. The van der Waals surface area contributed by atoms with Crippen molar-refractivity contribution in [3.05, 3.63) is 78.6 Å². The Kier molecular flexibility index (Phi) is 7.09. The van der Waals surface area contributed by atoms with E-state index < -0.39 is 0 Å². The molecule has 0 saturated carbocycles. The van der Waals surface area contributed by atoms with Crippen LogP contribution in [0.5, 0.6) is 5.75 Å². The minimum absolute atomic E-state index is 0.179. The fraction of sp³-hybridized carbons (Fsp3) is 0.0526. The van der Waals surface area contributed by atoms with E-state index in [1.54, 1.807) is 12.2 Å². The minimum atomic E-state index is 0.179. The van der Waals surface area contributed by atoms with Gasteiger partial charge in [-0.05, 0) is 59.8 Å². The first-order chi connectivity index (χ1) is 11.7. The monoisotopic (exact) mass is 353 g/mol. The van der Waals surface area contributed by atoms with Crippen LogP contribution >= 0.6 is 24.8 Å². The van der Waals surface area contributed by atoms with E-state index in [0.717, 1.165) is 16.9 Å². The molecule has 24 heavy (non-hydrogen) atoms. The molecule has 0 atom stereocenters. The SMILES string of the molecule is N#Cc1ccc(-c2ccc(OC/C=C/C=C/OC(=S)S)cc2)cc1. The second kappa shape index (κ2) is 9.56. The Labute approximate surface area is 152 Å². The van der Waals surface area contributed by atoms with Crippen LogP contribution in [0.25, 0.3) is 11.1 Å². The van der Waals surface area contributed by atoms with Gasteiger partial charge in [-0.2, -0.15) is 5.26 Å². The third-order valence-electron chi connectivity index (χ3n) is 3.04. The Balaban J connectivity index is 1.85. The molecule has 5 heteroatoms. The fourth-order valence-corrected chi connectivity index (χ4v) is 2.02. The van der Waals surface area contributed by atoms with Gasteiger partial charge in [0, 0.05) is 0 Å². The zero-order valence-electron chi connectivity index (χ0n) is 12.8. The number of nitrogens with zero attached hydrogens (tertiary/aromatic N) is 1. The molecule has 0 heterocycles. The van der Waals surface area contributed by atoms with Crippen LogP contribution in [0.3, 0.4) is 0 Å². The van der Waals surface area contributed by atoms with Crippen LogP contribution in [0.2, 0.25) is 0 Å². The fourth-order valence-electron chi connectivity index (χ4n) is 1.90. The van der Waals surface area contributed by atoms with Crippen LogP contribution in [0.4, 0.5) is 0 Å². The maximum Gasteiger partial charge on any atom is 0.221 e. The van der Waals surface area contributed by atoms with E-state index in [4.69, 9.17) is 14.7 Å². The maximum atomic E-state index is 8.82. The number of rotatable bonds is 6.